The number of fused-ring (bicyclic) bond motifs is 1. The molecule has 1 aliphatic rings. The Labute approximate surface area is 180 Å². The highest BCUT2D eigenvalue weighted by Crippen LogP contribution is 2.26. The SMILES string of the molecule is C=CCN1C(=O)c2ccc(C(=O)O[C@@H](C(=O)N(CC)CC)c3ccccc3)cc2C1=O. The minimum Gasteiger partial charge on any atom is -0.444 e. The van der Waals surface area contributed by atoms with E-state index in [1.54, 1.807) is 29.2 Å². The molecule has 2 aromatic carbocycles. The fraction of sp³-hybridized carbons (Fsp3) is 0.250. The van der Waals surface area contributed by atoms with Gasteiger partial charge in [0.2, 0.25) is 6.10 Å². The van der Waals surface area contributed by atoms with Gasteiger partial charge in [-0.2, -0.15) is 0 Å². The van der Waals surface area contributed by atoms with Crippen molar-refractivity contribution in [3.8, 4) is 0 Å². The molecule has 0 aromatic heterocycles. The van der Waals surface area contributed by atoms with E-state index in [4.69, 9.17) is 4.74 Å². The van der Waals surface area contributed by atoms with Gasteiger partial charge in [0.15, 0.2) is 0 Å². The number of carbonyl (C=O) groups is 4. The van der Waals surface area contributed by atoms with E-state index in [2.05, 4.69) is 6.58 Å². The lowest BCUT2D eigenvalue weighted by Crippen LogP contribution is -2.36. The summed E-state index contributed by atoms with van der Waals surface area (Å²) < 4.78 is 5.61. The zero-order valence-corrected chi connectivity index (χ0v) is 17.5. The second-order valence-corrected chi connectivity index (χ2v) is 6.98. The van der Waals surface area contributed by atoms with Crippen LogP contribution in [0.15, 0.2) is 61.2 Å². The second-order valence-electron chi connectivity index (χ2n) is 6.98. The normalized spacial score (nSPS) is 13.5. The number of amides is 3. The third-order valence-corrected chi connectivity index (χ3v) is 5.14. The van der Waals surface area contributed by atoms with E-state index < -0.39 is 23.9 Å². The molecule has 3 amide bonds. The summed E-state index contributed by atoms with van der Waals surface area (Å²) >= 11 is 0. The first-order valence-electron chi connectivity index (χ1n) is 10.1. The molecular formula is C24H24N2O5. The zero-order chi connectivity index (χ0) is 22.5. The Kier molecular flexibility index (Phi) is 6.65. The van der Waals surface area contributed by atoms with E-state index in [1.165, 1.54) is 24.3 Å². The van der Waals surface area contributed by atoms with Gasteiger partial charge in [-0.15, -0.1) is 6.58 Å². The van der Waals surface area contributed by atoms with Crippen LogP contribution in [0, 0.1) is 0 Å². The molecule has 2 aromatic rings. The van der Waals surface area contributed by atoms with Gasteiger partial charge >= 0.3 is 5.97 Å². The Morgan fingerprint density at radius 2 is 1.68 bits per heavy atom. The van der Waals surface area contributed by atoms with Gasteiger partial charge in [0.1, 0.15) is 0 Å². The summed E-state index contributed by atoms with van der Waals surface area (Å²) in [5.41, 5.74) is 1.00. The molecule has 7 nitrogen and oxygen atoms in total. The summed E-state index contributed by atoms with van der Waals surface area (Å²) in [7, 11) is 0. The largest absolute Gasteiger partial charge is 0.444 e. The predicted octanol–water partition coefficient (Wildman–Crippen LogP) is 3.24. The van der Waals surface area contributed by atoms with Gasteiger partial charge in [0.05, 0.1) is 16.7 Å². The molecule has 1 atom stereocenters. The number of likely N-dealkylation sites (N-methyl/N-ethyl adjacent to an activating group) is 1. The molecule has 0 saturated carbocycles. The second kappa shape index (κ2) is 9.38. The molecule has 160 valence electrons. The Morgan fingerprint density at radius 3 is 2.29 bits per heavy atom. The molecule has 0 radical (unpaired) electrons. The van der Waals surface area contributed by atoms with Crippen LogP contribution in [0.1, 0.15) is 56.6 Å². The topological polar surface area (TPSA) is 84.0 Å². The number of esters is 1. The Balaban J connectivity index is 1.90. The fourth-order valence-corrected chi connectivity index (χ4v) is 3.48. The van der Waals surface area contributed by atoms with Crippen molar-refractivity contribution in [2.24, 2.45) is 0 Å². The molecule has 0 fully saturated rings. The lowest BCUT2D eigenvalue weighted by molar-refractivity contribution is -0.140. The summed E-state index contributed by atoms with van der Waals surface area (Å²) in [6.45, 7) is 8.29. The number of rotatable bonds is 8. The van der Waals surface area contributed by atoms with Crippen molar-refractivity contribution >= 4 is 23.7 Å². The van der Waals surface area contributed by atoms with Gasteiger partial charge < -0.3 is 9.64 Å². The number of ether oxygens (including phenoxy) is 1. The van der Waals surface area contributed by atoms with Crippen LogP contribution >= 0.6 is 0 Å². The fourth-order valence-electron chi connectivity index (χ4n) is 3.48. The summed E-state index contributed by atoms with van der Waals surface area (Å²) in [4.78, 5) is 53.5. The summed E-state index contributed by atoms with van der Waals surface area (Å²) in [5, 5.41) is 0. The third-order valence-electron chi connectivity index (χ3n) is 5.14. The van der Waals surface area contributed by atoms with Crippen molar-refractivity contribution in [1.29, 1.82) is 0 Å². The molecule has 1 heterocycles. The molecule has 0 aliphatic carbocycles. The third kappa shape index (κ3) is 4.26. The molecule has 7 heteroatoms. The number of hydrogen-bond acceptors (Lipinski definition) is 5. The van der Waals surface area contributed by atoms with Crippen LogP contribution in [0.4, 0.5) is 0 Å². The predicted molar refractivity (Wildman–Crippen MR) is 115 cm³/mol. The molecule has 0 saturated heterocycles. The van der Waals surface area contributed by atoms with Crippen molar-refractivity contribution < 1.29 is 23.9 Å². The summed E-state index contributed by atoms with van der Waals surface area (Å²) in [6.07, 6.45) is 0.344. The van der Waals surface area contributed by atoms with Gasteiger partial charge in [-0.1, -0.05) is 36.4 Å². The molecule has 31 heavy (non-hydrogen) atoms. The average molecular weight is 420 g/mol. The lowest BCUT2D eigenvalue weighted by atomic mass is 10.1. The summed E-state index contributed by atoms with van der Waals surface area (Å²) in [5.74, 6) is -2.00. The number of carbonyl (C=O) groups excluding carboxylic acids is 4. The van der Waals surface area contributed by atoms with Crippen molar-refractivity contribution in [3.05, 3.63) is 83.4 Å². The van der Waals surface area contributed by atoms with E-state index in [-0.39, 0.29) is 29.1 Å². The monoisotopic (exact) mass is 420 g/mol. The maximum Gasteiger partial charge on any atom is 0.339 e. The molecule has 0 spiro atoms. The van der Waals surface area contributed by atoms with Crippen LogP contribution in [-0.4, -0.2) is 53.1 Å². The highest BCUT2D eigenvalue weighted by molar-refractivity contribution is 6.22. The van der Waals surface area contributed by atoms with Gasteiger partial charge in [0, 0.05) is 25.2 Å². The average Bonchev–Trinajstić information content (AvgIpc) is 3.03. The minimum atomic E-state index is -1.11. The maximum atomic E-state index is 13.0. The van der Waals surface area contributed by atoms with Crippen molar-refractivity contribution in [1.82, 2.24) is 9.80 Å². The molecular weight excluding hydrogens is 396 g/mol. The first-order valence-corrected chi connectivity index (χ1v) is 10.1. The molecule has 0 unspecified atom stereocenters. The van der Waals surface area contributed by atoms with Crippen molar-refractivity contribution in [3.63, 3.8) is 0 Å². The van der Waals surface area contributed by atoms with E-state index in [9.17, 15) is 19.2 Å². The number of imide groups is 1. The minimum absolute atomic E-state index is 0.0839. The maximum absolute atomic E-state index is 13.0. The van der Waals surface area contributed by atoms with Crippen molar-refractivity contribution in [2.75, 3.05) is 19.6 Å². The van der Waals surface area contributed by atoms with Crippen molar-refractivity contribution in [2.45, 2.75) is 20.0 Å². The van der Waals surface area contributed by atoms with Crippen LogP contribution in [0.3, 0.4) is 0 Å². The van der Waals surface area contributed by atoms with Gasteiger partial charge in [0.25, 0.3) is 17.7 Å². The number of benzene rings is 2. The van der Waals surface area contributed by atoms with E-state index >= 15 is 0 Å². The van der Waals surface area contributed by atoms with Crippen LogP contribution in [-0.2, 0) is 9.53 Å². The van der Waals surface area contributed by atoms with Gasteiger partial charge in [-0.25, -0.2) is 4.79 Å². The first kappa shape index (κ1) is 22.0. The Hall–Kier alpha value is -3.74. The number of nitrogens with zero attached hydrogens (tertiary/aromatic N) is 2. The molecule has 3 rings (SSSR count). The summed E-state index contributed by atoms with van der Waals surface area (Å²) in [6, 6.07) is 13.0. The highest BCUT2D eigenvalue weighted by atomic mass is 16.5. The van der Waals surface area contributed by atoms with E-state index in [0.717, 1.165) is 4.90 Å². The van der Waals surface area contributed by atoms with Crippen LogP contribution in [0.5, 0.6) is 0 Å². The van der Waals surface area contributed by atoms with Gasteiger partial charge in [-0.05, 0) is 32.0 Å². The standard InChI is InChI=1S/C24H24N2O5/c1-4-14-26-21(27)18-13-12-17(15-19(18)22(26)28)24(30)31-20(16-10-8-7-9-11-16)23(29)25(5-2)6-3/h4,7-13,15,20H,1,5-6,14H2,2-3H3/t20-/m1/s1. The highest BCUT2D eigenvalue weighted by Gasteiger charge is 2.36. The Bertz CT molecular complexity index is 1030. The first-order chi connectivity index (χ1) is 14.9. The molecule has 0 bridgehead atoms. The van der Waals surface area contributed by atoms with E-state index in [0.29, 0.717) is 18.7 Å². The van der Waals surface area contributed by atoms with Gasteiger partial charge in [-0.3, -0.25) is 19.3 Å². The quantitative estimate of drug-likeness (QED) is 0.372. The zero-order valence-electron chi connectivity index (χ0n) is 17.5. The van der Waals surface area contributed by atoms with Crippen LogP contribution in [0.2, 0.25) is 0 Å². The van der Waals surface area contributed by atoms with E-state index in [1.807, 2.05) is 19.9 Å². The van der Waals surface area contributed by atoms with Crippen LogP contribution in [0.25, 0.3) is 0 Å². The lowest BCUT2D eigenvalue weighted by Gasteiger charge is -2.25. The number of hydrogen-bond donors (Lipinski definition) is 0. The molecule has 0 N–H and O–H groups in total. The van der Waals surface area contributed by atoms with Crippen LogP contribution < -0.4 is 0 Å². The molecule has 1 aliphatic heterocycles. The Morgan fingerprint density at radius 1 is 1.03 bits per heavy atom. The smallest absolute Gasteiger partial charge is 0.339 e.